The predicted molar refractivity (Wildman–Crippen MR) is 166 cm³/mol. The quantitative estimate of drug-likeness (QED) is 0.0314. The van der Waals surface area contributed by atoms with Gasteiger partial charge in [-0.2, -0.15) is 0 Å². The molecule has 0 aliphatic heterocycles. The van der Waals surface area contributed by atoms with E-state index in [0.717, 1.165) is 32.1 Å². The SMILES string of the molecule is CCCCCC/C=C\C/C=C\CCCCCCCCCC(=O)OCC(O)COP(=O)(O)OCC(NC(=O)CCC)C(=O)O. The maximum Gasteiger partial charge on any atom is 0.472 e. The molecule has 0 fully saturated rings. The van der Waals surface area contributed by atoms with Gasteiger partial charge < -0.3 is 25.2 Å². The van der Waals surface area contributed by atoms with E-state index in [0.29, 0.717) is 12.8 Å². The molecule has 0 aliphatic carbocycles. The van der Waals surface area contributed by atoms with E-state index in [1.807, 2.05) is 0 Å². The number of nitrogens with one attached hydrogen (secondary N) is 1. The third-order valence-corrected chi connectivity index (χ3v) is 7.41. The molecule has 0 heterocycles. The highest BCUT2D eigenvalue weighted by Crippen LogP contribution is 2.43. The van der Waals surface area contributed by atoms with Crippen LogP contribution in [-0.2, 0) is 32.7 Å². The zero-order valence-electron chi connectivity index (χ0n) is 26.3. The van der Waals surface area contributed by atoms with Crippen molar-refractivity contribution in [3.63, 3.8) is 0 Å². The minimum Gasteiger partial charge on any atom is -0.480 e. The summed E-state index contributed by atoms with van der Waals surface area (Å²) in [7, 11) is -4.72. The second-order valence-electron chi connectivity index (χ2n) is 10.6. The van der Waals surface area contributed by atoms with Crippen LogP contribution in [0, 0.1) is 0 Å². The van der Waals surface area contributed by atoms with Crippen LogP contribution in [0.5, 0.6) is 0 Å². The molecule has 0 bridgehead atoms. The first-order valence-electron chi connectivity index (χ1n) is 15.9. The fourth-order valence-corrected chi connectivity index (χ4v) is 4.75. The van der Waals surface area contributed by atoms with Gasteiger partial charge in [0, 0.05) is 12.8 Å². The van der Waals surface area contributed by atoms with Crippen LogP contribution in [0.2, 0.25) is 0 Å². The molecular formula is C31H56NO10P. The van der Waals surface area contributed by atoms with E-state index in [2.05, 4.69) is 45.6 Å². The number of carboxylic acid groups (broad SMARTS) is 1. The highest BCUT2D eigenvalue weighted by atomic mass is 31.2. The molecule has 0 aliphatic rings. The van der Waals surface area contributed by atoms with Gasteiger partial charge in [-0.05, 0) is 44.9 Å². The number of carbonyl (C=O) groups is 3. The van der Waals surface area contributed by atoms with Crippen molar-refractivity contribution < 1.29 is 47.8 Å². The van der Waals surface area contributed by atoms with Gasteiger partial charge in [-0.15, -0.1) is 0 Å². The Morgan fingerprint density at radius 1 is 0.744 bits per heavy atom. The van der Waals surface area contributed by atoms with Crippen molar-refractivity contribution >= 4 is 25.7 Å². The molecule has 3 unspecified atom stereocenters. The van der Waals surface area contributed by atoms with Gasteiger partial charge in [-0.1, -0.05) is 89.5 Å². The van der Waals surface area contributed by atoms with Crippen LogP contribution >= 0.6 is 7.82 Å². The van der Waals surface area contributed by atoms with Crippen LogP contribution in [0.25, 0.3) is 0 Å². The number of aliphatic hydroxyl groups is 1. The van der Waals surface area contributed by atoms with E-state index in [4.69, 9.17) is 9.84 Å². The van der Waals surface area contributed by atoms with Gasteiger partial charge in [0.25, 0.3) is 0 Å². The first kappa shape index (κ1) is 41.0. The lowest BCUT2D eigenvalue weighted by atomic mass is 10.1. The molecule has 0 aromatic carbocycles. The highest BCUT2D eigenvalue weighted by molar-refractivity contribution is 7.47. The van der Waals surface area contributed by atoms with Gasteiger partial charge >= 0.3 is 19.8 Å². The molecule has 1 amide bonds. The number of hydrogen-bond donors (Lipinski definition) is 4. The summed E-state index contributed by atoms with van der Waals surface area (Å²) in [6.07, 6.45) is 24.3. The van der Waals surface area contributed by atoms with Crippen LogP contribution in [0.4, 0.5) is 0 Å². The van der Waals surface area contributed by atoms with Crippen molar-refractivity contribution in [2.75, 3.05) is 19.8 Å². The van der Waals surface area contributed by atoms with Crippen LogP contribution < -0.4 is 5.32 Å². The molecule has 0 aromatic heterocycles. The number of phosphoric acid groups is 1. The summed E-state index contributed by atoms with van der Waals surface area (Å²) < 4.78 is 26.2. The zero-order valence-corrected chi connectivity index (χ0v) is 27.1. The van der Waals surface area contributed by atoms with Gasteiger partial charge in [-0.25, -0.2) is 9.36 Å². The number of ether oxygens (including phenoxy) is 1. The van der Waals surface area contributed by atoms with Gasteiger partial charge in [-0.3, -0.25) is 18.6 Å². The molecule has 250 valence electrons. The van der Waals surface area contributed by atoms with Crippen molar-refractivity contribution in [2.24, 2.45) is 0 Å². The van der Waals surface area contributed by atoms with Crippen LogP contribution in [0.15, 0.2) is 24.3 Å². The Morgan fingerprint density at radius 3 is 1.88 bits per heavy atom. The molecule has 0 radical (unpaired) electrons. The molecule has 12 heteroatoms. The van der Waals surface area contributed by atoms with E-state index in [1.165, 1.54) is 51.4 Å². The van der Waals surface area contributed by atoms with E-state index < -0.39 is 57.6 Å². The van der Waals surface area contributed by atoms with Gasteiger partial charge in [0.15, 0.2) is 6.04 Å². The van der Waals surface area contributed by atoms with Crippen molar-refractivity contribution in [1.29, 1.82) is 0 Å². The number of aliphatic carboxylic acids is 1. The number of carbonyl (C=O) groups excluding carboxylic acids is 2. The monoisotopic (exact) mass is 633 g/mol. The summed E-state index contributed by atoms with van der Waals surface area (Å²) >= 11 is 0. The Balaban J connectivity index is 3.80. The minimum atomic E-state index is -4.72. The molecular weight excluding hydrogens is 577 g/mol. The van der Waals surface area contributed by atoms with E-state index in [9.17, 15) is 28.9 Å². The summed E-state index contributed by atoms with van der Waals surface area (Å²) in [5.41, 5.74) is 0. The number of carboxylic acids is 1. The summed E-state index contributed by atoms with van der Waals surface area (Å²) in [5.74, 6) is -2.46. The Labute approximate surface area is 258 Å². The number of amides is 1. The number of aliphatic hydroxyl groups excluding tert-OH is 1. The van der Waals surface area contributed by atoms with E-state index >= 15 is 0 Å². The molecule has 4 N–H and O–H groups in total. The Hall–Kier alpha value is -2.04. The average molecular weight is 634 g/mol. The van der Waals surface area contributed by atoms with Crippen LogP contribution in [0.3, 0.4) is 0 Å². The lowest BCUT2D eigenvalue weighted by Crippen LogP contribution is -2.43. The number of hydrogen-bond acceptors (Lipinski definition) is 8. The zero-order chi connectivity index (χ0) is 32.2. The number of esters is 1. The van der Waals surface area contributed by atoms with Gasteiger partial charge in [0.2, 0.25) is 5.91 Å². The van der Waals surface area contributed by atoms with Crippen molar-refractivity contribution in [1.82, 2.24) is 5.32 Å². The predicted octanol–water partition coefficient (Wildman–Crippen LogP) is 6.38. The number of phosphoric ester groups is 1. The Kier molecular flexibility index (Phi) is 26.2. The van der Waals surface area contributed by atoms with Crippen LogP contribution in [-0.4, -0.2) is 64.9 Å². The number of unbranched alkanes of at least 4 members (excludes halogenated alkanes) is 11. The molecule has 0 saturated heterocycles. The second kappa shape index (κ2) is 27.5. The number of allylic oxidation sites excluding steroid dienone is 4. The summed E-state index contributed by atoms with van der Waals surface area (Å²) in [4.78, 5) is 44.4. The lowest BCUT2D eigenvalue weighted by Gasteiger charge is -2.18. The topological polar surface area (TPSA) is 169 Å². The first-order valence-corrected chi connectivity index (χ1v) is 17.4. The summed E-state index contributed by atoms with van der Waals surface area (Å²) in [6, 6.07) is -1.54. The standard InChI is InChI=1S/C31H56NO10P/c1-3-5-6-7-8-9-10-11-12-13-14-15-16-17-18-19-20-21-23-30(35)40-24-27(33)25-41-43(38,39)42-26-28(31(36)37)32-29(34)22-4-2/h9-10,12-13,27-28,33H,3-8,11,14-26H2,1-2H3,(H,32,34)(H,36,37)(H,38,39)/b10-9-,13-12-. The maximum absolute atomic E-state index is 12.0. The fourth-order valence-electron chi connectivity index (χ4n) is 3.97. The molecule has 0 saturated carbocycles. The molecule has 0 spiro atoms. The molecule has 0 aromatic rings. The normalized spacial score (nSPS) is 14.5. The fraction of sp³-hybridized carbons (Fsp3) is 0.774. The summed E-state index contributed by atoms with van der Waals surface area (Å²) in [5, 5.41) is 21.2. The van der Waals surface area contributed by atoms with Crippen molar-refractivity contribution in [3.8, 4) is 0 Å². The molecule has 0 rings (SSSR count). The Bertz CT molecular complexity index is 848. The maximum atomic E-state index is 12.0. The van der Waals surface area contributed by atoms with E-state index in [-0.39, 0.29) is 12.8 Å². The largest absolute Gasteiger partial charge is 0.480 e. The third kappa shape index (κ3) is 27.3. The van der Waals surface area contributed by atoms with Gasteiger partial charge in [0.05, 0.1) is 13.2 Å². The van der Waals surface area contributed by atoms with E-state index in [1.54, 1.807) is 6.92 Å². The minimum absolute atomic E-state index is 0.0955. The van der Waals surface area contributed by atoms with Crippen molar-refractivity contribution in [2.45, 2.75) is 135 Å². The smallest absolute Gasteiger partial charge is 0.472 e. The molecule has 43 heavy (non-hydrogen) atoms. The summed E-state index contributed by atoms with van der Waals surface area (Å²) in [6.45, 7) is 2.07. The average Bonchev–Trinajstić information content (AvgIpc) is 2.96. The first-order chi connectivity index (χ1) is 20.6. The van der Waals surface area contributed by atoms with Gasteiger partial charge in [0.1, 0.15) is 12.7 Å². The molecule has 3 atom stereocenters. The van der Waals surface area contributed by atoms with Crippen LogP contribution in [0.1, 0.15) is 123 Å². The highest BCUT2D eigenvalue weighted by Gasteiger charge is 2.28. The third-order valence-electron chi connectivity index (χ3n) is 6.46. The molecule has 11 nitrogen and oxygen atoms in total. The van der Waals surface area contributed by atoms with Crippen molar-refractivity contribution in [3.05, 3.63) is 24.3 Å². The second-order valence-corrected chi connectivity index (χ2v) is 12.1. The number of rotatable bonds is 29. The lowest BCUT2D eigenvalue weighted by molar-refractivity contribution is -0.147. The Morgan fingerprint density at radius 2 is 1.30 bits per heavy atom.